The van der Waals surface area contributed by atoms with Crippen molar-refractivity contribution in [3.63, 3.8) is 0 Å². The Balaban J connectivity index is 2.22. The molecular weight excluding hydrogens is 244 g/mol. The van der Waals surface area contributed by atoms with Gasteiger partial charge < -0.3 is 9.47 Å². The highest BCUT2D eigenvalue weighted by Gasteiger charge is 2.23. The molecule has 1 atom stereocenters. The zero-order valence-electron chi connectivity index (χ0n) is 11.4. The molecule has 4 heteroatoms. The topological polar surface area (TPSA) is 52.6 Å². The van der Waals surface area contributed by atoms with Crippen LogP contribution in [0.2, 0.25) is 0 Å². The molecule has 0 aliphatic carbocycles. The van der Waals surface area contributed by atoms with Gasteiger partial charge in [-0.2, -0.15) is 0 Å². The summed E-state index contributed by atoms with van der Waals surface area (Å²) >= 11 is 0. The van der Waals surface area contributed by atoms with Gasteiger partial charge in [0.05, 0.1) is 13.7 Å². The first-order chi connectivity index (χ1) is 9.15. The number of ketones is 1. The van der Waals surface area contributed by atoms with Gasteiger partial charge in [-0.15, -0.1) is 0 Å². The van der Waals surface area contributed by atoms with Gasteiger partial charge in [0.25, 0.3) is 0 Å². The van der Waals surface area contributed by atoms with Gasteiger partial charge in [-0.1, -0.05) is 30.3 Å². The average molecular weight is 264 g/mol. The minimum Gasteiger partial charge on any atom is -0.468 e. The first-order valence-electron chi connectivity index (χ1n) is 6.35. The molecule has 0 fully saturated rings. The Kier molecular flexibility index (Phi) is 6.82. The fourth-order valence-electron chi connectivity index (χ4n) is 1.78. The van der Waals surface area contributed by atoms with E-state index >= 15 is 0 Å². The normalized spacial score (nSPS) is 11.9. The van der Waals surface area contributed by atoms with Crippen molar-refractivity contribution in [1.29, 1.82) is 0 Å². The van der Waals surface area contributed by atoms with Crippen molar-refractivity contribution in [1.82, 2.24) is 0 Å². The van der Waals surface area contributed by atoms with Gasteiger partial charge in [-0.25, -0.2) is 0 Å². The lowest BCUT2D eigenvalue weighted by atomic mass is 10.00. The highest BCUT2D eigenvalue weighted by Crippen LogP contribution is 2.10. The summed E-state index contributed by atoms with van der Waals surface area (Å²) in [4.78, 5) is 22.6. The molecule has 0 N–H and O–H groups in total. The van der Waals surface area contributed by atoms with Crippen molar-refractivity contribution in [2.24, 2.45) is 5.92 Å². The summed E-state index contributed by atoms with van der Waals surface area (Å²) in [5.41, 5.74) is 1.11. The summed E-state index contributed by atoms with van der Waals surface area (Å²) in [6.45, 7) is 2.48. The van der Waals surface area contributed by atoms with E-state index in [0.717, 1.165) is 5.56 Å². The zero-order chi connectivity index (χ0) is 14.1. The lowest BCUT2D eigenvalue weighted by Gasteiger charge is -2.11. The number of benzene rings is 1. The Bertz CT molecular complexity index is 400. The molecule has 0 saturated heterocycles. The number of ether oxygens (including phenoxy) is 2. The third-order valence-corrected chi connectivity index (χ3v) is 2.87. The summed E-state index contributed by atoms with van der Waals surface area (Å²) < 4.78 is 10.1. The highest BCUT2D eigenvalue weighted by atomic mass is 16.5. The third-order valence-electron chi connectivity index (χ3n) is 2.87. The molecule has 0 bridgehead atoms. The quantitative estimate of drug-likeness (QED) is 0.411. The van der Waals surface area contributed by atoms with E-state index in [9.17, 15) is 9.59 Å². The maximum atomic E-state index is 11.4. The zero-order valence-corrected chi connectivity index (χ0v) is 11.4. The minimum absolute atomic E-state index is 0.157. The van der Waals surface area contributed by atoms with Crippen LogP contribution in [-0.4, -0.2) is 25.5 Å². The molecule has 0 spiro atoms. The van der Waals surface area contributed by atoms with Crippen LogP contribution in [0, 0.1) is 5.92 Å². The molecule has 19 heavy (non-hydrogen) atoms. The van der Waals surface area contributed by atoms with Crippen molar-refractivity contribution in [3.05, 3.63) is 35.9 Å². The van der Waals surface area contributed by atoms with Gasteiger partial charge in [0, 0.05) is 6.61 Å². The van der Waals surface area contributed by atoms with E-state index in [-0.39, 0.29) is 5.78 Å². The second-order valence-electron chi connectivity index (χ2n) is 4.37. The molecule has 1 aromatic rings. The largest absolute Gasteiger partial charge is 0.468 e. The number of carbonyl (C=O) groups excluding carboxylic acids is 2. The molecule has 0 saturated carbocycles. The van der Waals surface area contributed by atoms with Crippen LogP contribution in [0.5, 0.6) is 0 Å². The average Bonchev–Trinajstić information content (AvgIpc) is 2.42. The van der Waals surface area contributed by atoms with E-state index in [4.69, 9.17) is 4.74 Å². The monoisotopic (exact) mass is 264 g/mol. The van der Waals surface area contributed by atoms with Crippen molar-refractivity contribution < 1.29 is 19.1 Å². The fourth-order valence-corrected chi connectivity index (χ4v) is 1.78. The van der Waals surface area contributed by atoms with Crippen molar-refractivity contribution in [2.45, 2.75) is 26.4 Å². The second-order valence-corrected chi connectivity index (χ2v) is 4.37. The van der Waals surface area contributed by atoms with Gasteiger partial charge in [0.15, 0.2) is 0 Å². The molecule has 0 heterocycles. The molecule has 104 valence electrons. The van der Waals surface area contributed by atoms with Crippen LogP contribution in [0.25, 0.3) is 0 Å². The highest BCUT2D eigenvalue weighted by molar-refractivity contribution is 5.97. The van der Waals surface area contributed by atoms with Crippen LogP contribution in [-0.2, 0) is 25.7 Å². The number of esters is 1. The van der Waals surface area contributed by atoms with Crippen LogP contribution in [0.3, 0.4) is 0 Å². The van der Waals surface area contributed by atoms with E-state index in [2.05, 4.69) is 4.74 Å². The van der Waals surface area contributed by atoms with Gasteiger partial charge in [-0.05, 0) is 25.3 Å². The Morgan fingerprint density at radius 3 is 2.47 bits per heavy atom. The van der Waals surface area contributed by atoms with E-state index in [1.165, 1.54) is 14.0 Å². The van der Waals surface area contributed by atoms with Crippen LogP contribution in [0.15, 0.2) is 30.3 Å². The SMILES string of the molecule is COC(=O)C(CCCOCc1ccccc1)C(C)=O. The maximum Gasteiger partial charge on any atom is 0.316 e. The number of Topliss-reactive ketones (excluding diaryl/α,β-unsaturated/α-hetero) is 1. The predicted molar refractivity (Wildman–Crippen MR) is 71.5 cm³/mol. The van der Waals surface area contributed by atoms with E-state index in [0.29, 0.717) is 26.1 Å². The van der Waals surface area contributed by atoms with Crippen LogP contribution in [0.4, 0.5) is 0 Å². The Morgan fingerprint density at radius 2 is 1.89 bits per heavy atom. The summed E-state index contributed by atoms with van der Waals surface area (Å²) in [7, 11) is 1.30. The number of carbonyl (C=O) groups is 2. The lowest BCUT2D eigenvalue weighted by molar-refractivity contribution is -0.149. The van der Waals surface area contributed by atoms with E-state index < -0.39 is 11.9 Å². The number of hydrogen-bond acceptors (Lipinski definition) is 4. The fraction of sp³-hybridized carbons (Fsp3) is 0.467. The lowest BCUT2D eigenvalue weighted by Crippen LogP contribution is -2.23. The molecule has 0 aliphatic heterocycles. The van der Waals surface area contributed by atoms with Crippen LogP contribution < -0.4 is 0 Å². The standard InChI is InChI=1S/C15H20O4/c1-12(16)14(15(17)18-2)9-6-10-19-11-13-7-4-3-5-8-13/h3-5,7-8,14H,6,9-11H2,1-2H3. The predicted octanol–water partition coefficient (Wildman–Crippen LogP) is 2.36. The Labute approximate surface area is 113 Å². The minimum atomic E-state index is -0.662. The first kappa shape index (κ1) is 15.4. The van der Waals surface area contributed by atoms with E-state index in [1.54, 1.807) is 0 Å². The van der Waals surface area contributed by atoms with Gasteiger partial charge >= 0.3 is 5.97 Å². The molecule has 1 aromatic carbocycles. The number of rotatable bonds is 8. The van der Waals surface area contributed by atoms with Gasteiger partial charge in [0.1, 0.15) is 11.7 Å². The molecule has 1 unspecified atom stereocenters. The molecule has 0 aromatic heterocycles. The van der Waals surface area contributed by atoms with Crippen molar-refractivity contribution in [3.8, 4) is 0 Å². The van der Waals surface area contributed by atoms with Gasteiger partial charge in [0.2, 0.25) is 0 Å². The smallest absolute Gasteiger partial charge is 0.316 e. The van der Waals surface area contributed by atoms with Crippen molar-refractivity contribution >= 4 is 11.8 Å². The maximum absolute atomic E-state index is 11.4. The molecular formula is C15H20O4. The number of hydrogen-bond donors (Lipinski definition) is 0. The molecule has 4 nitrogen and oxygen atoms in total. The Morgan fingerprint density at radius 1 is 1.21 bits per heavy atom. The van der Waals surface area contributed by atoms with E-state index in [1.807, 2.05) is 30.3 Å². The van der Waals surface area contributed by atoms with Crippen LogP contribution in [0.1, 0.15) is 25.3 Å². The molecule has 0 radical (unpaired) electrons. The molecule has 0 amide bonds. The van der Waals surface area contributed by atoms with Crippen molar-refractivity contribution in [2.75, 3.05) is 13.7 Å². The second kappa shape index (κ2) is 8.43. The summed E-state index contributed by atoms with van der Waals surface area (Å²) in [6, 6.07) is 9.86. The summed E-state index contributed by atoms with van der Waals surface area (Å²) in [6.07, 6.45) is 1.13. The first-order valence-corrected chi connectivity index (χ1v) is 6.35. The third kappa shape index (κ3) is 5.66. The van der Waals surface area contributed by atoms with Crippen LogP contribution >= 0.6 is 0 Å². The molecule has 1 rings (SSSR count). The van der Waals surface area contributed by atoms with Gasteiger partial charge in [-0.3, -0.25) is 9.59 Å². The summed E-state index contributed by atoms with van der Waals surface area (Å²) in [5.74, 6) is -1.28. The molecule has 0 aliphatic rings. The summed E-state index contributed by atoms with van der Waals surface area (Å²) in [5, 5.41) is 0. The Hall–Kier alpha value is -1.68. The number of methoxy groups -OCH3 is 1.